The molecule has 0 amide bonds. The van der Waals surface area contributed by atoms with E-state index in [0.29, 0.717) is 40.3 Å². The lowest BCUT2D eigenvalue weighted by Gasteiger charge is -2.40. The molecule has 10 nitrogen and oxygen atoms in total. The molecule has 0 bridgehead atoms. The van der Waals surface area contributed by atoms with Crippen LogP contribution < -0.4 is 9.80 Å². The Hall–Kier alpha value is -4.12. The first-order chi connectivity index (χ1) is 21.1. The van der Waals surface area contributed by atoms with Crippen LogP contribution in [-0.4, -0.2) is 74.2 Å². The number of sulfonamides is 1. The number of fused-ring (bicyclic) bond motifs is 1. The molecule has 228 valence electrons. The van der Waals surface area contributed by atoms with Gasteiger partial charge in [0.1, 0.15) is 28.5 Å². The number of benzene rings is 2. The van der Waals surface area contributed by atoms with Crippen LogP contribution in [0.1, 0.15) is 36.3 Å². The molecule has 2 aromatic heterocycles. The summed E-state index contributed by atoms with van der Waals surface area (Å²) in [6.07, 6.45) is 3.27. The van der Waals surface area contributed by atoms with E-state index in [1.807, 2.05) is 30.0 Å². The molecule has 1 aliphatic carbocycles. The van der Waals surface area contributed by atoms with Gasteiger partial charge in [-0.1, -0.05) is 11.3 Å². The highest BCUT2D eigenvalue weighted by molar-refractivity contribution is 7.88. The van der Waals surface area contributed by atoms with E-state index in [1.165, 1.54) is 34.9 Å². The van der Waals surface area contributed by atoms with Gasteiger partial charge in [-0.15, -0.1) is 0 Å². The molecule has 1 saturated heterocycles. The number of esters is 1. The largest absolute Gasteiger partial charge is 0.467 e. The number of carbonyl (C=O) groups is 1. The van der Waals surface area contributed by atoms with Crippen molar-refractivity contribution in [3.63, 3.8) is 0 Å². The molecule has 4 aromatic rings. The van der Waals surface area contributed by atoms with Crippen molar-refractivity contribution >= 4 is 54.7 Å². The summed E-state index contributed by atoms with van der Waals surface area (Å²) in [7, 11) is -2.19. The number of piperazine rings is 1. The van der Waals surface area contributed by atoms with Crippen LogP contribution in [0.15, 0.2) is 48.5 Å². The molecule has 2 aromatic carbocycles. The Balaban J connectivity index is 1.46. The predicted molar refractivity (Wildman–Crippen MR) is 168 cm³/mol. The molecule has 6 rings (SSSR count). The van der Waals surface area contributed by atoms with Gasteiger partial charge in [0.25, 0.3) is 0 Å². The number of rotatable bonds is 8. The number of nitriles is 1. The van der Waals surface area contributed by atoms with E-state index in [9.17, 15) is 22.9 Å². The monoisotopic (exact) mass is 634 g/mol. The highest BCUT2D eigenvalue weighted by atomic mass is 32.2. The van der Waals surface area contributed by atoms with Crippen LogP contribution in [0.5, 0.6) is 0 Å². The van der Waals surface area contributed by atoms with Crippen molar-refractivity contribution in [1.82, 2.24) is 14.3 Å². The van der Waals surface area contributed by atoms with E-state index in [4.69, 9.17) is 14.7 Å². The zero-order valence-corrected chi connectivity index (χ0v) is 26.2. The van der Waals surface area contributed by atoms with Crippen LogP contribution in [0.4, 0.5) is 20.9 Å². The van der Waals surface area contributed by atoms with Gasteiger partial charge in [0.2, 0.25) is 10.0 Å². The summed E-state index contributed by atoms with van der Waals surface area (Å²) in [5, 5.41) is 11.4. The van der Waals surface area contributed by atoms with Crippen molar-refractivity contribution in [2.24, 2.45) is 0 Å². The van der Waals surface area contributed by atoms with Crippen LogP contribution in [0.2, 0.25) is 0 Å². The van der Waals surface area contributed by atoms with Gasteiger partial charge in [0, 0.05) is 54.4 Å². The number of hydrogen-bond donors (Lipinski definition) is 0. The molecule has 3 heterocycles. The predicted octanol–water partition coefficient (Wildman–Crippen LogP) is 5.03. The van der Waals surface area contributed by atoms with Gasteiger partial charge in [-0.2, -0.15) is 9.57 Å². The van der Waals surface area contributed by atoms with Crippen molar-refractivity contribution in [2.45, 2.75) is 31.7 Å². The Labute approximate surface area is 259 Å². The summed E-state index contributed by atoms with van der Waals surface area (Å²) in [5.41, 5.74) is 4.54. The summed E-state index contributed by atoms with van der Waals surface area (Å²) in [4.78, 5) is 27.1. The van der Waals surface area contributed by atoms with Gasteiger partial charge in [0.15, 0.2) is 5.13 Å². The Morgan fingerprint density at radius 3 is 2.55 bits per heavy atom. The molecule has 44 heavy (non-hydrogen) atoms. The fraction of sp³-hybridized carbons (Fsp3) is 0.355. The van der Waals surface area contributed by atoms with E-state index < -0.39 is 22.0 Å². The Morgan fingerprint density at radius 2 is 1.91 bits per heavy atom. The Kier molecular flexibility index (Phi) is 8.00. The van der Waals surface area contributed by atoms with Crippen LogP contribution in [-0.2, 0) is 19.6 Å². The quantitative estimate of drug-likeness (QED) is 0.246. The second kappa shape index (κ2) is 11.8. The van der Waals surface area contributed by atoms with Crippen molar-refractivity contribution in [2.75, 3.05) is 49.3 Å². The van der Waals surface area contributed by atoms with Gasteiger partial charge < -0.3 is 14.5 Å². The first-order valence-electron chi connectivity index (χ1n) is 14.3. The first kappa shape index (κ1) is 29.9. The molecule has 0 spiro atoms. The molecular weight excluding hydrogens is 604 g/mol. The molecule has 2 fully saturated rings. The fourth-order valence-electron chi connectivity index (χ4n) is 5.62. The zero-order chi connectivity index (χ0) is 31.2. The molecule has 1 saturated carbocycles. The summed E-state index contributed by atoms with van der Waals surface area (Å²) in [6, 6.07) is 15.3. The number of thiazole rings is 1. The number of carbonyl (C=O) groups excluding carboxylic acids is 1. The molecule has 0 unspecified atom stereocenters. The molecular formula is C31H31FN6O4S2. The number of ether oxygens (including phenoxy) is 1. The molecule has 0 radical (unpaired) electrons. The van der Waals surface area contributed by atoms with Gasteiger partial charge in [-0.25, -0.2) is 22.6 Å². The maximum absolute atomic E-state index is 13.6. The Morgan fingerprint density at radius 1 is 1.16 bits per heavy atom. The maximum atomic E-state index is 13.6. The van der Waals surface area contributed by atoms with Crippen molar-refractivity contribution < 1.29 is 22.3 Å². The number of anilines is 3. The average molecular weight is 635 g/mol. The highest BCUT2D eigenvalue weighted by Gasteiger charge is 2.37. The standard InChI is InChI=1S/C31H31FN6O4S2/c1-4-37(31-35-29(28(17-33)43-31)20-7-9-21(32)10-8-20)26-16-25(19-5-6-19)34-24-12-11-22(15-23(24)26)38-14-13-36(44(3,40)41)18-27(38)30(39)42-2/h7-12,15-16,19,27H,4-6,13-14,18H2,1-3H3/t27-/m0/s1. The van der Waals surface area contributed by atoms with Crippen molar-refractivity contribution in [3.8, 4) is 17.3 Å². The lowest BCUT2D eigenvalue weighted by molar-refractivity contribution is -0.142. The topological polar surface area (TPSA) is 120 Å². The third-order valence-corrected chi connectivity index (χ3v) is 10.3. The average Bonchev–Trinajstić information content (AvgIpc) is 3.79. The summed E-state index contributed by atoms with van der Waals surface area (Å²) >= 11 is 1.27. The lowest BCUT2D eigenvalue weighted by atomic mass is 10.1. The minimum Gasteiger partial charge on any atom is -0.467 e. The minimum atomic E-state index is -3.49. The van der Waals surface area contributed by atoms with E-state index in [1.54, 1.807) is 12.1 Å². The van der Waals surface area contributed by atoms with Crippen LogP contribution >= 0.6 is 11.3 Å². The second-order valence-electron chi connectivity index (χ2n) is 10.9. The lowest BCUT2D eigenvalue weighted by Crippen LogP contribution is -2.58. The molecule has 1 atom stereocenters. The number of hydrogen-bond acceptors (Lipinski definition) is 10. The first-order valence-corrected chi connectivity index (χ1v) is 17.0. The van der Waals surface area contributed by atoms with E-state index in [-0.39, 0.29) is 18.9 Å². The molecule has 2 aliphatic rings. The van der Waals surface area contributed by atoms with Gasteiger partial charge >= 0.3 is 5.97 Å². The van der Waals surface area contributed by atoms with Gasteiger partial charge in [0.05, 0.1) is 24.6 Å². The maximum Gasteiger partial charge on any atom is 0.329 e. The summed E-state index contributed by atoms with van der Waals surface area (Å²) < 4.78 is 44.6. The van der Waals surface area contributed by atoms with Gasteiger partial charge in [-0.3, -0.25) is 4.98 Å². The van der Waals surface area contributed by atoms with Crippen molar-refractivity contribution in [1.29, 1.82) is 5.26 Å². The van der Waals surface area contributed by atoms with E-state index in [2.05, 4.69) is 17.0 Å². The fourth-order valence-corrected chi connectivity index (χ4v) is 7.41. The SMILES string of the molecule is CCN(c1nc(-c2ccc(F)cc2)c(C#N)s1)c1cc(C2CC2)nc2ccc(N3CCN(S(C)(=O)=O)C[C@H]3C(=O)OC)cc12. The molecule has 13 heteroatoms. The van der Waals surface area contributed by atoms with Gasteiger partial charge in [-0.05, 0) is 68.3 Å². The zero-order valence-electron chi connectivity index (χ0n) is 24.5. The number of nitrogens with zero attached hydrogens (tertiary/aromatic N) is 6. The van der Waals surface area contributed by atoms with E-state index in [0.717, 1.165) is 47.1 Å². The normalized spacial score (nSPS) is 17.4. The number of aromatic nitrogens is 2. The van der Waals surface area contributed by atoms with Crippen LogP contribution in [0, 0.1) is 17.1 Å². The Bertz CT molecular complexity index is 1890. The van der Waals surface area contributed by atoms with Crippen LogP contribution in [0.25, 0.3) is 22.2 Å². The third-order valence-electron chi connectivity index (χ3n) is 8.08. The number of halogens is 1. The smallest absolute Gasteiger partial charge is 0.329 e. The number of pyridine rings is 1. The van der Waals surface area contributed by atoms with E-state index >= 15 is 0 Å². The molecule has 1 aliphatic heterocycles. The third kappa shape index (κ3) is 5.72. The molecule has 0 N–H and O–H groups in total. The highest BCUT2D eigenvalue weighted by Crippen LogP contribution is 2.44. The second-order valence-corrected chi connectivity index (χ2v) is 13.9. The summed E-state index contributed by atoms with van der Waals surface area (Å²) in [5.74, 6) is -0.502. The van der Waals surface area contributed by atoms with Crippen molar-refractivity contribution in [3.05, 3.63) is 64.9 Å². The number of methoxy groups -OCH3 is 1. The minimum absolute atomic E-state index is 0.0153. The van der Waals surface area contributed by atoms with Crippen LogP contribution in [0.3, 0.4) is 0 Å². The summed E-state index contributed by atoms with van der Waals surface area (Å²) in [6.45, 7) is 3.08.